The van der Waals surface area contributed by atoms with Gasteiger partial charge in [0.25, 0.3) is 0 Å². The Bertz CT molecular complexity index is 452. The fraction of sp³-hybridized carbons (Fsp3) is 0.167. The SMILES string of the molecule is ClN1Cc2cccc3cccc(c23)C1. The number of benzene rings is 2. The van der Waals surface area contributed by atoms with E-state index in [-0.39, 0.29) is 0 Å². The molecule has 0 radical (unpaired) electrons. The number of hydrogen-bond acceptors (Lipinski definition) is 1. The maximum atomic E-state index is 6.06. The molecule has 14 heavy (non-hydrogen) atoms. The van der Waals surface area contributed by atoms with E-state index in [9.17, 15) is 0 Å². The Hall–Kier alpha value is -1.05. The van der Waals surface area contributed by atoms with Gasteiger partial charge in [-0.3, -0.25) is 0 Å². The first-order valence-corrected chi connectivity index (χ1v) is 5.08. The highest BCUT2D eigenvalue weighted by atomic mass is 35.5. The molecule has 2 aromatic rings. The third-order valence-electron chi connectivity index (χ3n) is 2.76. The quantitative estimate of drug-likeness (QED) is 0.594. The minimum absolute atomic E-state index is 0.843. The second-order valence-corrected chi connectivity index (χ2v) is 4.19. The zero-order valence-corrected chi connectivity index (χ0v) is 8.46. The zero-order valence-electron chi connectivity index (χ0n) is 7.70. The molecule has 0 unspecified atom stereocenters. The Morgan fingerprint density at radius 3 is 2.07 bits per heavy atom. The van der Waals surface area contributed by atoms with Crippen molar-refractivity contribution in [1.29, 1.82) is 0 Å². The van der Waals surface area contributed by atoms with Crippen LogP contribution in [-0.2, 0) is 13.1 Å². The molecule has 0 atom stereocenters. The third-order valence-corrected chi connectivity index (χ3v) is 3.00. The summed E-state index contributed by atoms with van der Waals surface area (Å²) in [6.07, 6.45) is 0. The summed E-state index contributed by atoms with van der Waals surface area (Å²) in [5.41, 5.74) is 2.67. The van der Waals surface area contributed by atoms with Crippen LogP contribution in [0, 0.1) is 0 Å². The molecule has 0 amide bonds. The maximum Gasteiger partial charge on any atom is 0.0399 e. The highest BCUT2D eigenvalue weighted by Crippen LogP contribution is 2.30. The topological polar surface area (TPSA) is 3.24 Å². The monoisotopic (exact) mass is 203 g/mol. The molecule has 0 fully saturated rings. The summed E-state index contributed by atoms with van der Waals surface area (Å²) in [5, 5.41) is 2.72. The van der Waals surface area contributed by atoms with Crippen LogP contribution in [0.1, 0.15) is 11.1 Å². The van der Waals surface area contributed by atoms with E-state index in [1.165, 1.54) is 21.9 Å². The summed E-state index contributed by atoms with van der Waals surface area (Å²) in [4.78, 5) is 0. The van der Waals surface area contributed by atoms with Crippen molar-refractivity contribution in [3.63, 3.8) is 0 Å². The van der Waals surface area contributed by atoms with Crippen LogP contribution in [0.4, 0.5) is 0 Å². The van der Waals surface area contributed by atoms with E-state index >= 15 is 0 Å². The first-order chi connectivity index (χ1) is 6.84. The lowest BCUT2D eigenvalue weighted by Crippen LogP contribution is -2.16. The average Bonchev–Trinajstić information content (AvgIpc) is 2.18. The van der Waals surface area contributed by atoms with Crippen molar-refractivity contribution >= 4 is 22.5 Å². The summed E-state index contributed by atoms with van der Waals surface area (Å²) in [6, 6.07) is 12.8. The molecule has 1 aliphatic rings. The van der Waals surface area contributed by atoms with Crippen LogP contribution in [0.3, 0.4) is 0 Å². The van der Waals surface area contributed by atoms with Gasteiger partial charge in [0.05, 0.1) is 0 Å². The highest BCUT2D eigenvalue weighted by molar-refractivity contribution is 6.13. The van der Waals surface area contributed by atoms with E-state index in [1.54, 1.807) is 0 Å². The summed E-state index contributed by atoms with van der Waals surface area (Å²) < 4.78 is 1.83. The molecule has 70 valence electrons. The van der Waals surface area contributed by atoms with Crippen LogP contribution in [0.25, 0.3) is 10.8 Å². The predicted molar refractivity (Wildman–Crippen MR) is 59.0 cm³/mol. The lowest BCUT2D eigenvalue weighted by Gasteiger charge is -2.23. The van der Waals surface area contributed by atoms with E-state index in [0.29, 0.717) is 0 Å². The van der Waals surface area contributed by atoms with Crippen LogP contribution in [0.15, 0.2) is 36.4 Å². The standard InChI is InChI=1S/C12H10ClN/c13-14-7-10-5-1-3-9-4-2-6-11(8-14)12(9)10/h1-6H,7-8H2. The minimum atomic E-state index is 0.843. The Morgan fingerprint density at radius 2 is 1.50 bits per heavy atom. The van der Waals surface area contributed by atoms with Crippen molar-refractivity contribution in [3.8, 4) is 0 Å². The van der Waals surface area contributed by atoms with Crippen molar-refractivity contribution in [2.75, 3.05) is 0 Å². The average molecular weight is 204 g/mol. The molecule has 0 saturated heterocycles. The second kappa shape index (κ2) is 2.97. The molecule has 0 bridgehead atoms. The maximum absolute atomic E-state index is 6.06. The Labute approximate surface area is 88.0 Å². The second-order valence-electron chi connectivity index (χ2n) is 3.71. The van der Waals surface area contributed by atoms with Gasteiger partial charge in [-0.1, -0.05) is 36.4 Å². The first-order valence-electron chi connectivity index (χ1n) is 4.75. The molecular formula is C12H10ClN. The van der Waals surface area contributed by atoms with Crippen molar-refractivity contribution < 1.29 is 0 Å². The molecule has 1 heterocycles. The van der Waals surface area contributed by atoms with Gasteiger partial charge in [0.1, 0.15) is 0 Å². The molecule has 0 spiro atoms. The lowest BCUT2D eigenvalue weighted by molar-refractivity contribution is 0.438. The number of rotatable bonds is 0. The molecular weight excluding hydrogens is 194 g/mol. The van der Waals surface area contributed by atoms with Gasteiger partial charge in [-0.25, -0.2) is 4.42 Å². The van der Waals surface area contributed by atoms with E-state index in [2.05, 4.69) is 36.4 Å². The van der Waals surface area contributed by atoms with Crippen molar-refractivity contribution in [3.05, 3.63) is 47.5 Å². The number of hydrogen-bond donors (Lipinski definition) is 0. The van der Waals surface area contributed by atoms with Crippen molar-refractivity contribution in [1.82, 2.24) is 4.42 Å². The normalized spacial score (nSPS) is 16.1. The van der Waals surface area contributed by atoms with Gasteiger partial charge in [-0.05, 0) is 33.7 Å². The summed E-state index contributed by atoms with van der Waals surface area (Å²) in [7, 11) is 0. The number of halogens is 1. The Balaban J connectivity index is 2.40. The summed E-state index contributed by atoms with van der Waals surface area (Å²) in [5.74, 6) is 0. The Kier molecular flexibility index (Phi) is 1.76. The van der Waals surface area contributed by atoms with Crippen LogP contribution in [0.5, 0.6) is 0 Å². The molecule has 0 aromatic heterocycles. The molecule has 2 aromatic carbocycles. The van der Waals surface area contributed by atoms with Crippen molar-refractivity contribution in [2.24, 2.45) is 0 Å². The van der Waals surface area contributed by atoms with Gasteiger partial charge < -0.3 is 0 Å². The smallest absolute Gasteiger partial charge is 0.0399 e. The third kappa shape index (κ3) is 1.13. The van der Waals surface area contributed by atoms with Crippen LogP contribution >= 0.6 is 11.8 Å². The van der Waals surface area contributed by atoms with Gasteiger partial charge >= 0.3 is 0 Å². The highest BCUT2D eigenvalue weighted by Gasteiger charge is 2.15. The fourth-order valence-corrected chi connectivity index (χ4v) is 2.45. The molecule has 0 aliphatic carbocycles. The fourth-order valence-electron chi connectivity index (χ4n) is 2.19. The van der Waals surface area contributed by atoms with Gasteiger partial charge in [-0.15, -0.1) is 0 Å². The molecule has 1 aliphatic heterocycles. The van der Waals surface area contributed by atoms with E-state index < -0.39 is 0 Å². The molecule has 0 saturated carbocycles. The first kappa shape index (κ1) is 8.27. The van der Waals surface area contributed by atoms with Gasteiger partial charge in [0.2, 0.25) is 0 Å². The Morgan fingerprint density at radius 1 is 0.929 bits per heavy atom. The molecule has 1 nitrogen and oxygen atoms in total. The van der Waals surface area contributed by atoms with Gasteiger partial charge in [-0.2, -0.15) is 0 Å². The van der Waals surface area contributed by atoms with E-state index in [0.717, 1.165) is 13.1 Å². The largest absolute Gasteiger partial charge is 0.211 e. The molecule has 3 rings (SSSR count). The lowest BCUT2D eigenvalue weighted by atomic mass is 9.96. The van der Waals surface area contributed by atoms with Crippen LogP contribution in [0.2, 0.25) is 0 Å². The number of nitrogens with zero attached hydrogens (tertiary/aromatic N) is 1. The van der Waals surface area contributed by atoms with Crippen LogP contribution < -0.4 is 0 Å². The molecule has 0 N–H and O–H groups in total. The van der Waals surface area contributed by atoms with Crippen molar-refractivity contribution in [2.45, 2.75) is 13.1 Å². The summed E-state index contributed by atoms with van der Waals surface area (Å²) in [6.45, 7) is 1.69. The van der Waals surface area contributed by atoms with Gasteiger partial charge in [0, 0.05) is 13.1 Å². The van der Waals surface area contributed by atoms with Gasteiger partial charge in [0.15, 0.2) is 0 Å². The zero-order chi connectivity index (χ0) is 9.54. The summed E-state index contributed by atoms with van der Waals surface area (Å²) >= 11 is 6.06. The minimum Gasteiger partial charge on any atom is -0.211 e. The van der Waals surface area contributed by atoms with E-state index in [4.69, 9.17) is 11.8 Å². The van der Waals surface area contributed by atoms with Crippen LogP contribution in [-0.4, -0.2) is 4.42 Å². The predicted octanol–water partition coefficient (Wildman–Crippen LogP) is 3.31. The molecule has 2 heteroatoms. The van der Waals surface area contributed by atoms with E-state index in [1.807, 2.05) is 4.42 Å².